The molecule has 0 saturated carbocycles. The Morgan fingerprint density at radius 2 is 2.11 bits per heavy atom. The van der Waals surface area contributed by atoms with Crippen LogP contribution in [0.15, 0.2) is 0 Å². The maximum atomic E-state index is 12.7. The molecule has 1 amide bonds. The number of rotatable bonds is 3. The number of aliphatic carboxylic acids is 1. The number of nitrogens with one attached hydrogen (secondary N) is 1. The largest absolute Gasteiger partial charge is 0.480 e. The summed E-state index contributed by atoms with van der Waals surface area (Å²) in [6.45, 7) is 5.78. The first kappa shape index (κ1) is 13.3. The van der Waals surface area contributed by atoms with Crippen molar-refractivity contribution in [3.63, 3.8) is 0 Å². The van der Waals surface area contributed by atoms with Crippen molar-refractivity contribution < 1.29 is 14.7 Å². The van der Waals surface area contributed by atoms with Crippen LogP contribution in [0, 0.1) is 5.41 Å². The van der Waals surface area contributed by atoms with Gasteiger partial charge in [-0.3, -0.25) is 4.79 Å². The molecule has 2 aliphatic heterocycles. The van der Waals surface area contributed by atoms with Gasteiger partial charge in [0.2, 0.25) is 5.91 Å². The molecule has 2 N–H and O–H groups in total. The lowest BCUT2D eigenvalue weighted by atomic mass is 9.81. The average molecular weight is 254 g/mol. The molecule has 0 aromatic rings. The second kappa shape index (κ2) is 4.53. The monoisotopic (exact) mass is 254 g/mol. The van der Waals surface area contributed by atoms with Crippen molar-refractivity contribution in [1.29, 1.82) is 0 Å². The molecule has 0 spiro atoms. The Kier molecular flexibility index (Phi) is 3.36. The highest BCUT2D eigenvalue weighted by Crippen LogP contribution is 2.38. The minimum atomic E-state index is -1.01. The fourth-order valence-electron chi connectivity index (χ4n) is 3.18. The third-order valence-corrected chi connectivity index (χ3v) is 4.72. The highest BCUT2D eigenvalue weighted by molar-refractivity contribution is 5.90. The van der Waals surface area contributed by atoms with Gasteiger partial charge in [0.05, 0.1) is 5.41 Å². The second-order valence-electron chi connectivity index (χ2n) is 5.70. The van der Waals surface area contributed by atoms with Gasteiger partial charge < -0.3 is 15.3 Å². The molecule has 5 heteroatoms. The highest BCUT2D eigenvalue weighted by atomic mass is 16.4. The smallest absolute Gasteiger partial charge is 0.329 e. The molecule has 18 heavy (non-hydrogen) atoms. The maximum absolute atomic E-state index is 12.7. The van der Waals surface area contributed by atoms with Crippen LogP contribution in [0.2, 0.25) is 0 Å². The summed E-state index contributed by atoms with van der Waals surface area (Å²) in [5.74, 6) is -0.858. The summed E-state index contributed by atoms with van der Waals surface area (Å²) in [5.41, 5.74) is -1.40. The summed E-state index contributed by atoms with van der Waals surface area (Å²) >= 11 is 0. The quantitative estimate of drug-likeness (QED) is 0.783. The predicted octanol–water partition coefficient (Wildman–Crippen LogP) is 0.842. The standard InChI is InChI=1S/C13H22N2O3/c1-3-13(6-7-14-9-13)10(16)15-8-4-5-12(15,2)11(17)18/h14H,3-9H2,1-2H3,(H,17,18). The molecule has 2 atom stereocenters. The van der Waals surface area contributed by atoms with Crippen LogP contribution >= 0.6 is 0 Å². The van der Waals surface area contributed by atoms with E-state index in [4.69, 9.17) is 0 Å². The summed E-state index contributed by atoms with van der Waals surface area (Å²) in [7, 11) is 0. The van der Waals surface area contributed by atoms with E-state index < -0.39 is 11.5 Å². The van der Waals surface area contributed by atoms with Crippen molar-refractivity contribution in [1.82, 2.24) is 10.2 Å². The van der Waals surface area contributed by atoms with Crippen LogP contribution in [0.3, 0.4) is 0 Å². The number of carbonyl (C=O) groups is 2. The summed E-state index contributed by atoms with van der Waals surface area (Å²) in [6, 6.07) is 0. The fraction of sp³-hybridized carbons (Fsp3) is 0.846. The third-order valence-electron chi connectivity index (χ3n) is 4.72. The predicted molar refractivity (Wildman–Crippen MR) is 67.2 cm³/mol. The zero-order valence-corrected chi connectivity index (χ0v) is 11.2. The molecule has 2 heterocycles. The maximum Gasteiger partial charge on any atom is 0.329 e. The van der Waals surface area contributed by atoms with Crippen LogP contribution in [-0.4, -0.2) is 47.1 Å². The van der Waals surface area contributed by atoms with Gasteiger partial charge in [0.15, 0.2) is 0 Å². The number of likely N-dealkylation sites (tertiary alicyclic amines) is 1. The molecule has 2 fully saturated rings. The van der Waals surface area contributed by atoms with Crippen LogP contribution in [-0.2, 0) is 9.59 Å². The van der Waals surface area contributed by atoms with Gasteiger partial charge in [-0.1, -0.05) is 6.92 Å². The van der Waals surface area contributed by atoms with E-state index >= 15 is 0 Å². The lowest BCUT2D eigenvalue weighted by Gasteiger charge is -2.38. The summed E-state index contributed by atoms with van der Waals surface area (Å²) in [6.07, 6.45) is 2.92. The Hall–Kier alpha value is -1.10. The Morgan fingerprint density at radius 1 is 1.39 bits per heavy atom. The normalized spacial score (nSPS) is 36.0. The van der Waals surface area contributed by atoms with Crippen molar-refractivity contribution in [2.75, 3.05) is 19.6 Å². The van der Waals surface area contributed by atoms with E-state index in [0.717, 1.165) is 25.8 Å². The lowest BCUT2D eigenvalue weighted by molar-refractivity contribution is -0.159. The van der Waals surface area contributed by atoms with E-state index in [2.05, 4.69) is 5.32 Å². The van der Waals surface area contributed by atoms with Crippen LogP contribution in [0.25, 0.3) is 0 Å². The third kappa shape index (κ3) is 1.81. The molecule has 2 aliphatic rings. The van der Waals surface area contributed by atoms with Crippen molar-refractivity contribution in [3.8, 4) is 0 Å². The van der Waals surface area contributed by atoms with Gasteiger partial charge >= 0.3 is 5.97 Å². The van der Waals surface area contributed by atoms with E-state index in [1.165, 1.54) is 0 Å². The lowest BCUT2D eigenvalue weighted by Crippen LogP contribution is -2.56. The summed E-state index contributed by atoms with van der Waals surface area (Å²) < 4.78 is 0. The number of amides is 1. The number of carboxylic acid groups (broad SMARTS) is 1. The first-order chi connectivity index (χ1) is 8.46. The minimum absolute atomic E-state index is 0.0254. The molecule has 0 radical (unpaired) electrons. The first-order valence-electron chi connectivity index (χ1n) is 6.72. The van der Waals surface area contributed by atoms with E-state index in [-0.39, 0.29) is 11.3 Å². The molecule has 0 aromatic carbocycles. The van der Waals surface area contributed by atoms with Gasteiger partial charge in [-0.2, -0.15) is 0 Å². The first-order valence-corrected chi connectivity index (χ1v) is 6.72. The topological polar surface area (TPSA) is 69.6 Å². The molecule has 0 aliphatic carbocycles. The van der Waals surface area contributed by atoms with E-state index in [0.29, 0.717) is 19.5 Å². The van der Waals surface area contributed by atoms with Crippen LogP contribution < -0.4 is 5.32 Å². The number of hydrogen-bond donors (Lipinski definition) is 2. The van der Waals surface area contributed by atoms with E-state index in [1.807, 2.05) is 6.92 Å². The molecule has 0 bridgehead atoms. The summed E-state index contributed by atoms with van der Waals surface area (Å²) in [5, 5.41) is 12.6. The molecular formula is C13H22N2O3. The van der Waals surface area contributed by atoms with Crippen molar-refractivity contribution in [2.24, 2.45) is 5.41 Å². The molecule has 5 nitrogen and oxygen atoms in total. The van der Waals surface area contributed by atoms with Crippen LogP contribution in [0.1, 0.15) is 39.5 Å². The molecule has 102 valence electrons. The molecular weight excluding hydrogens is 232 g/mol. The molecule has 0 aromatic heterocycles. The minimum Gasteiger partial charge on any atom is -0.480 e. The van der Waals surface area contributed by atoms with Crippen molar-refractivity contribution in [2.45, 2.75) is 45.1 Å². The summed E-state index contributed by atoms with van der Waals surface area (Å²) in [4.78, 5) is 25.8. The Labute approximate surface area is 108 Å². The second-order valence-corrected chi connectivity index (χ2v) is 5.70. The van der Waals surface area contributed by atoms with Gasteiger partial charge in [-0.25, -0.2) is 4.79 Å². The molecule has 2 rings (SSSR count). The Bertz CT molecular complexity index is 363. The van der Waals surface area contributed by atoms with Gasteiger partial charge in [-0.15, -0.1) is 0 Å². The SMILES string of the molecule is CCC1(C(=O)N2CCCC2(C)C(=O)O)CCNC1. The number of nitrogens with zero attached hydrogens (tertiary/aromatic N) is 1. The van der Waals surface area contributed by atoms with E-state index in [9.17, 15) is 14.7 Å². The Morgan fingerprint density at radius 3 is 2.61 bits per heavy atom. The van der Waals surface area contributed by atoms with Crippen LogP contribution in [0.4, 0.5) is 0 Å². The number of hydrogen-bond acceptors (Lipinski definition) is 3. The van der Waals surface area contributed by atoms with Crippen molar-refractivity contribution in [3.05, 3.63) is 0 Å². The van der Waals surface area contributed by atoms with Crippen LogP contribution in [0.5, 0.6) is 0 Å². The zero-order valence-electron chi connectivity index (χ0n) is 11.2. The average Bonchev–Trinajstić information content (AvgIpc) is 2.96. The van der Waals surface area contributed by atoms with Crippen molar-refractivity contribution >= 4 is 11.9 Å². The van der Waals surface area contributed by atoms with Gasteiger partial charge in [0, 0.05) is 13.1 Å². The molecule has 2 unspecified atom stereocenters. The zero-order chi connectivity index (χ0) is 13.4. The van der Waals surface area contributed by atoms with Gasteiger partial charge in [-0.05, 0) is 39.2 Å². The van der Waals surface area contributed by atoms with Gasteiger partial charge in [0.25, 0.3) is 0 Å². The highest BCUT2D eigenvalue weighted by Gasteiger charge is 2.51. The fourth-order valence-corrected chi connectivity index (χ4v) is 3.18. The van der Waals surface area contributed by atoms with E-state index in [1.54, 1.807) is 11.8 Å². The number of carbonyl (C=O) groups excluding carboxylic acids is 1. The molecule has 2 saturated heterocycles. The van der Waals surface area contributed by atoms with Gasteiger partial charge in [0.1, 0.15) is 5.54 Å². The number of carboxylic acids is 1. The Balaban J connectivity index is 2.25.